The van der Waals surface area contributed by atoms with Crippen LogP contribution in [0.5, 0.6) is 0 Å². The van der Waals surface area contributed by atoms with Crippen molar-refractivity contribution >= 4 is 50.7 Å². The maximum Gasteiger partial charge on any atom is 0.272 e. The Labute approximate surface area is 169 Å². The standard InChI is InChI=1S/C19H19N5O2S2/c1-23-18(26)17-14(9-10-28-17)24-15(21-22-19(23)24)7-4-8-16(25)20-12-5-3-6-13(11-12)27-2/h3,5-6,9-11H,4,7-8H2,1-2H3,(H,20,25). The zero-order valence-electron chi connectivity index (χ0n) is 15.5. The molecule has 0 bridgehead atoms. The number of nitrogens with zero attached hydrogens (tertiary/aromatic N) is 4. The number of benzene rings is 1. The van der Waals surface area contributed by atoms with E-state index in [1.165, 1.54) is 15.9 Å². The van der Waals surface area contributed by atoms with Gasteiger partial charge in [-0.25, -0.2) is 0 Å². The molecule has 4 aromatic rings. The molecule has 1 N–H and O–H groups in total. The number of aromatic nitrogens is 4. The van der Waals surface area contributed by atoms with E-state index >= 15 is 0 Å². The van der Waals surface area contributed by atoms with Gasteiger partial charge in [0, 0.05) is 30.5 Å². The Bertz CT molecular complexity index is 1220. The van der Waals surface area contributed by atoms with Crippen LogP contribution in [0.1, 0.15) is 18.7 Å². The van der Waals surface area contributed by atoms with Crippen LogP contribution in [0.4, 0.5) is 5.69 Å². The first-order valence-electron chi connectivity index (χ1n) is 8.82. The number of thioether (sulfide) groups is 1. The van der Waals surface area contributed by atoms with Gasteiger partial charge < -0.3 is 5.32 Å². The number of hydrogen-bond donors (Lipinski definition) is 1. The van der Waals surface area contributed by atoms with Gasteiger partial charge in [-0.3, -0.25) is 18.6 Å². The molecule has 3 heterocycles. The van der Waals surface area contributed by atoms with Gasteiger partial charge in [-0.05, 0) is 42.3 Å². The van der Waals surface area contributed by atoms with Crippen molar-refractivity contribution in [2.24, 2.45) is 7.05 Å². The fourth-order valence-corrected chi connectivity index (χ4v) is 4.46. The summed E-state index contributed by atoms with van der Waals surface area (Å²) in [5, 5.41) is 13.3. The molecule has 7 nitrogen and oxygen atoms in total. The number of thiophene rings is 1. The highest BCUT2D eigenvalue weighted by Gasteiger charge is 2.15. The number of fused-ring (bicyclic) bond motifs is 3. The van der Waals surface area contributed by atoms with E-state index in [1.54, 1.807) is 18.8 Å². The molecule has 0 aliphatic heterocycles. The van der Waals surface area contributed by atoms with Crippen molar-refractivity contribution in [3.63, 3.8) is 0 Å². The minimum Gasteiger partial charge on any atom is -0.326 e. The van der Waals surface area contributed by atoms with E-state index in [-0.39, 0.29) is 11.5 Å². The Balaban J connectivity index is 1.47. The topological polar surface area (TPSA) is 81.3 Å². The number of amides is 1. The van der Waals surface area contributed by atoms with Gasteiger partial charge in [0.25, 0.3) is 5.56 Å². The molecule has 0 atom stereocenters. The molecule has 0 aliphatic rings. The Morgan fingerprint density at radius 1 is 1.29 bits per heavy atom. The molecule has 0 saturated carbocycles. The minimum atomic E-state index is -0.0664. The van der Waals surface area contributed by atoms with Gasteiger partial charge in [-0.15, -0.1) is 33.3 Å². The van der Waals surface area contributed by atoms with Crippen molar-refractivity contribution < 1.29 is 4.79 Å². The Morgan fingerprint density at radius 3 is 2.96 bits per heavy atom. The van der Waals surface area contributed by atoms with E-state index in [0.717, 1.165) is 21.9 Å². The third-order valence-corrected chi connectivity index (χ3v) is 6.17. The van der Waals surface area contributed by atoms with Crippen LogP contribution in [0.25, 0.3) is 16.0 Å². The van der Waals surface area contributed by atoms with Crippen LogP contribution in [0, 0.1) is 0 Å². The summed E-state index contributed by atoms with van der Waals surface area (Å²) in [6, 6.07) is 9.70. The van der Waals surface area contributed by atoms with Crippen LogP contribution < -0.4 is 10.9 Å². The van der Waals surface area contributed by atoms with Crippen LogP contribution in [0.15, 0.2) is 45.4 Å². The zero-order valence-corrected chi connectivity index (χ0v) is 17.1. The first-order valence-corrected chi connectivity index (χ1v) is 10.9. The predicted octanol–water partition coefficient (Wildman–Crippen LogP) is 3.33. The number of carbonyl (C=O) groups excluding carboxylic acids is 1. The van der Waals surface area contributed by atoms with Crippen molar-refractivity contribution in [2.75, 3.05) is 11.6 Å². The van der Waals surface area contributed by atoms with Crippen molar-refractivity contribution in [2.45, 2.75) is 24.2 Å². The fourth-order valence-electron chi connectivity index (χ4n) is 3.15. The van der Waals surface area contributed by atoms with E-state index in [1.807, 2.05) is 46.4 Å². The molecule has 0 unspecified atom stereocenters. The molecule has 0 aliphatic carbocycles. The second-order valence-corrected chi connectivity index (χ2v) is 8.18. The summed E-state index contributed by atoms with van der Waals surface area (Å²) in [7, 11) is 1.70. The molecule has 1 amide bonds. The fraction of sp³-hybridized carbons (Fsp3) is 0.263. The monoisotopic (exact) mass is 413 g/mol. The number of aryl methyl sites for hydroxylation is 2. The molecule has 144 valence electrons. The van der Waals surface area contributed by atoms with E-state index < -0.39 is 0 Å². The molecule has 9 heteroatoms. The first-order chi connectivity index (χ1) is 13.6. The Hall–Kier alpha value is -2.65. The SMILES string of the molecule is CSc1cccc(NC(=O)CCCc2nnc3n(C)c(=O)c4sccc4n23)c1. The number of carbonyl (C=O) groups is 1. The summed E-state index contributed by atoms with van der Waals surface area (Å²) >= 11 is 3.05. The Kier molecular flexibility index (Phi) is 5.19. The van der Waals surface area contributed by atoms with Gasteiger partial charge in [-0.2, -0.15) is 0 Å². The van der Waals surface area contributed by atoms with Crippen LogP contribution >= 0.6 is 23.1 Å². The van der Waals surface area contributed by atoms with E-state index in [0.29, 0.717) is 29.7 Å². The molecule has 0 fully saturated rings. The van der Waals surface area contributed by atoms with E-state index in [2.05, 4.69) is 15.5 Å². The second-order valence-electron chi connectivity index (χ2n) is 6.38. The molecule has 0 radical (unpaired) electrons. The molecular weight excluding hydrogens is 394 g/mol. The minimum absolute atomic E-state index is 0.0276. The van der Waals surface area contributed by atoms with Crippen LogP contribution in [-0.2, 0) is 18.3 Å². The summed E-state index contributed by atoms with van der Waals surface area (Å²) < 4.78 is 4.11. The lowest BCUT2D eigenvalue weighted by Gasteiger charge is -2.07. The lowest BCUT2D eigenvalue weighted by molar-refractivity contribution is -0.116. The molecule has 3 aromatic heterocycles. The van der Waals surface area contributed by atoms with Crippen LogP contribution in [0.2, 0.25) is 0 Å². The highest BCUT2D eigenvalue weighted by molar-refractivity contribution is 7.98. The summed E-state index contributed by atoms with van der Waals surface area (Å²) in [5.74, 6) is 1.25. The van der Waals surface area contributed by atoms with Crippen LogP contribution in [-0.4, -0.2) is 31.3 Å². The molecule has 1 aromatic carbocycles. The van der Waals surface area contributed by atoms with Crippen molar-refractivity contribution in [3.05, 3.63) is 51.9 Å². The van der Waals surface area contributed by atoms with Gasteiger partial charge in [-0.1, -0.05) is 6.07 Å². The summed E-state index contributed by atoms with van der Waals surface area (Å²) in [6.45, 7) is 0. The molecule has 0 saturated heterocycles. The zero-order chi connectivity index (χ0) is 19.7. The van der Waals surface area contributed by atoms with Gasteiger partial charge in [0.15, 0.2) is 0 Å². The summed E-state index contributed by atoms with van der Waals surface area (Å²) in [6.07, 6.45) is 3.63. The highest BCUT2D eigenvalue weighted by atomic mass is 32.2. The molecular formula is C19H19N5O2S2. The van der Waals surface area contributed by atoms with Crippen molar-refractivity contribution in [3.8, 4) is 0 Å². The largest absolute Gasteiger partial charge is 0.326 e. The molecule has 28 heavy (non-hydrogen) atoms. The maximum absolute atomic E-state index is 12.4. The van der Waals surface area contributed by atoms with Crippen LogP contribution in [0.3, 0.4) is 0 Å². The lowest BCUT2D eigenvalue weighted by Crippen LogP contribution is -2.19. The van der Waals surface area contributed by atoms with Crippen molar-refractivity contribution in [1.29, 1.82) is 0 Å². The third-order valence-electron chi connectivity index (χ3n) is 4.55. The number of hydrogen-bond acceptors (Lipinski definition) is 6. The van der Waals surface area contributed by atoms with Gasteiger partial charge in [0.1, 0.15) is 10.5 Å². The highest BCUT2D eigenvalue weighted by Crippen LogP contribution is 2.21. The number of rotatable bonds is 6. The predicted molar refractivity (Wildman–Crippen MR) is 113 cm³/mol. The summed E-state index contributed by atoms with van der Waals surface area (Å²) in [5.41, 5.74) is 1.56. The third kappa shape index (κ3) is 3.43. The smallest absolute Gasteiger partial charge is 0.272 e. The lowest BCUT2D eigenvalue weighted by atomic mass is 10.2. The van der Waals surface area contributed by atoms with Gasteiger partial charge in [0.2, 0.25) is 11.7 Å². The molecule has 0 spiro atoms. The average Bonchev–Trinajstić information content (AvgIpc) is 3.33. The van der Waals surface area contributed by atoms with Crippen molar-refractivity contribution in [1.82, 2.24) is 19.2 Å². The quantitative estimate of drug-likeness (QED) is 0.491. The first kappa shape index (κ1) is 18.7. The normalized spacial score (nSPS) is 11.4. The average molecular weight is 414 g/mol. The Morgan fingerprint density at radius 2 is 2.14 bits per heavy atom. The maximum atomic E-state index is 12.4. The van der Waals surface area contributed by atoms with Gasteiger partial charge >= 0.3 is 0 Å². The second kappa shape index (κ2) is 7.76. The van der Waals surface area contributed by atoms with E-state index in [4.69, 9.17) is 0 Å². The number of nitrogens with one attached hydrogen (secondary N) is 1. The van der Waals surface area contributed by atoms with Gasteiger partial charge in [0.05, 0.1) is 5.52 Å². The summed E-state index contributed by atoms with van der Waals surface area (Å²) in [4.78, 5) is 25.8. The van der Waals surface area contributed by atoms with E-state index in [9.17, 15) is 9.59 Å². The molecule has 4 rings (SSSR count). The number of anilines is 1.